The number of ether oxygens (including phenoxy) is 1. The van der Waals surface area contributed by atoms with Gasteiger partial charge in [-0.15, -0.1) is 0 Å². The summed E-state index contributed by atoms with van der Waals surface area (Å²) in [6, 6.07) is 14.7. The number of anilines is 1. The van der Waals surface area contributed by atoms with Gasteiger partial charge < -0.3 is 15.4 Å². The van der Waals surface area contributed by atoms with Crippen LogP contribution in [0.3, 0.4) is 0 Å². The fraction of sp³-hybridized carbons (Fsp3) is 0.111. The second kappa shape index (κ2) is 8.84. The van der Waals surface area contributed by atoms with Crippen molar-refractivity contribution in [2.24, 2.45) is 0 Å². The van der Waals surface area contributed by atoms with Crippen molar-refractivity contribution in [3.05, 3.63) is 76.0 Å². The standard InChI is InChI=1S/C18H16N4O4/c1-26-17-7-5-13(6-8-17)11-21-18(23)14(10-19)12-20-15-3-2-4-16(9-15)22(24)25/h2-9,12,20H,11H2,1H3,(H,21,23)/b14-12-. The Labute approximate surface area is 149 Å². The highest BCUT2D eigenvalue weighted by Gasteiger charge is 2.09. The molecule has 0 fully saturated rings. The molecular weight excluding hydrogens is 336 g/mol. The largest absolute Gasteiger partial charge is 0.497 e. The van der Waals surface area contributed by atoms with Crippen molar-refractivity contribution in [1.82, 2.24) is 5.32 Å². The van der Waals surface area contributed by atoms with E-state index < -0.39 is 10.8 Å². The molecule has 8 heteroatoms. The molecule has 26 heavy (non-hydrogen) atoms. The van der Waals surface area contributed by atoms with Crippen molar-refractivity contribution in [2.75, 3.05) is 12.4 Å². The molecule has 2 rings (SSSR count). The molecular formula is C18H16N4O4. The van der Waals surface area contributed by atoms with Gasteiger partial charge in [-0.1, -0.05) is 18.2 Å². The molecule has 0 atom stereocenters. The number of hydrogen-bond acceptors (Lipinski definition) is 6. The lowest BCUT2D eigenvalue weighted by Crippen LogP contribution is -2.24. The Morgan fingerprint density at radius 3 is 2.65 bits per heavy atom. The Balaban J connectivity index is 1.99. The second-order valence-electron chi connectivity index (χ2n) is 5.15. The van der Waals surface area contributed by atoms with Crippen molar-refractivity contribution in [3.8, 4) is 11.8 Å². The molecule has 0 unspecified atom stereocenters. The summed E-state index contributed by atoms with van der Waals surface area (Å²) in [5.41, 5.74) is 1.01. The van der Waals surface area contributed by atoms with Gasteiger partial charge in [-0.05, 0) is 23.8 Å². The number of carbonyl (C=O) groups is 1. The molecule has 8 nitrogen and oxygen atoms in total. The monoisotopic (exact) mass is 352 g/mol. The number of nitro benzene ring substituents is 1. The molecule has 2 aromatic rings. The Bertz CT molecular complexity index is 870. The van der Waals surface area contributed by atoms with Crippen LogP contribution in [-0.4, -0.2) is 17.9 Å². The summed E-state index contributed by atoms with van der Waals surface area (Å²) in [4.78, 5) is 22.3. The van der Waals surface area contributed by atoms with Crippen molar-refractivity contribution in [1.29, 1.82) is 5.26 Å². The SMILES string of the molecule is COc1ccc(CNC(=O)/C(C#N)=C\Nc2cccc([N+](=O)[O-])c2)cc1. The molecule has 0 bridgehead atoms. The summed E-state index contributed by atoms with van der Waals surface area (Å²) in [6.45, 7) is 0.249. The normalized spacial score (nSPS) is 10.5. The van der Waals surface area contributed by atoms with Gasteiger partial charge in [-0.3, -0.25) is 14.9 Å². The molecule has 2 N–H and O–H groups in total. The van der Waals surface area contributed by atoms with Crippen LogP contribution in [-0.2, 0) is 11.3 Å². The number of nitro groups is 1. The van der Waals surface area contributed by atoms with Gasteiger partial charge in [-0.25, -0.2) is 0 Å². The predicted octanol–water partition coefficient (Wildman–Crippen LogP) is 2.74. The summed E-state index contributed by atoms with van der Waals surface area (Å²) < 4.78 is 5.06. The zero-order chi connectivity index (χ0) is 18.9. The number of benzene rings is 2. The van der Waals surface area contributed by atoms with Crippen LogP contribution in [0.4, 0.5) is 11.4 Å². The lowest BCUT2D eigenvalue weighted by Gasteiger charge is -2.06. The lowest BCUT2D eigenvalue weighted by atomic mass is 10.2. The van der Waals surface area contributed by atoms with Crippen molar-refractivity contribution in [2.45, 2.75) is 6.54 Å². The number of rotatable bonds is 7. The zero-order valence-electron chi connectivity index (χ0n) is 13.9. The summed E-state index contributed by atoms with van der Waals surface area (Å²) in [6.07, 6.45) is 1.21. The molecule has 0 saturated heterocycles. The number of nitrogens with zero attached hydrogens (tertiary/aromatic N) is 2. The summed E-state index contributed by atoms with van der Waals surface area (Å²) in [7, 11) is 1.56. The molecule has 132 valence electrons. The number of non-ortho nitro benzene ring substituents is 1. The second-order valence-corrected chi connectivity index (χ2v) is 5.15. The van der Waals surface area contributed by atoms with Crippen LogP contribution in [0.25, 0.3) is 0 Å². The molecule has 0 heterocycles. The van der Waals surface area contributed by atoms with Crippen LogP contribution >= 0.6 is 0 Å². The summed E-state index contributed by atoms with van der Waals surface area (Å²) in [5.74, 6) is 0.153. The van der Waals surface area contributed by atoms with E-state index in [1.807, 2.05) is 0 Å². The topological polar surface area (TPSA) is 117 Å². The van der Waals surface area contributed by atoms with Crippen LogP contribution in [0, 0.1) is 21.4 Å². The first kappa shape index (κ1) is 18.5. The molecule has 0 radical (unpaired) electrons. The van der Waals surface area contributed by atoms with E-state index in [0.717, 1.165) is 5.56 Å². The van der Waals surface area contributed by atoms with Crippen LogP contribution in [0.5, 0.6) is 5.75 Å². The maximum Gasteiger partial charge on any atom is 0.271 e. The maximum atomic E-state index is 12.1. The number of methoxy groups -OCH3 is 1. The summed E-state index contributed by atoms with van der Waals surface area (Å²) >= 11 is 0. The first-order valence-electron chi connectivity index (χ1n) is 7.56. The van der Waals surface area contributed by atoms with Crippen LogP contribution in [0.2, 0.25) is 0 Å². The number of nitrogens with one attached hydrogen (secondary N) is 2. The summed E-state index contributed by atoms with van der Waals surface area (Å²) in [5, 5.41) is 25.2. The van der Waals surface area contributed by atoms with Gasteiger partial charge in [0.25, 0.3) is 11.6 Å². The predicted molar refractivity (Wildman–Crippen MR) is 95.3 cm³/mol. The highest BCUT2D eigenvalue weighted by Crippen LogP contribution is 2.17. The number of carbonyl (C=O) groups excluding carboxylic acids is 1. The van der Waals surface area contributed by atoms with E-state index in [0.29, 0.717) is 11.4 Å². The molecule has 0 saturated carbocycles. The lowest BCUT2D eigenvalue weighted by molar-refractivity contribution is -0.384. The van der Waals surface area contributed by atoms with Gasteiger partial charge in [0.15, 0.2) is 0 Å². The van der Waals surface area contributed by atoms with Gasteiger partial charge in [0, 0.05) is 30.6 Å². The molecule has 0 spiro atoms. The van der Waals surface area contributed by atoms with Gasteiger partial charge in [-0.2, -0.15) is 5.26 Å². The van der Waals surface area contributed by atoms with Crippen LogP contribution in [0.1, 0.15) is 5.56 Å². The van der Waals surface area contributed by atoms with Crippen molar-refractivity contribution in [3.63, 3.8) is 0 Å². The Hall–Kier alpha value is -3.86. The van der Waals surface area contributed by atoms with Gasteiger partial charge in [0.1, 0.15) is 17.4 Å². The van der Waals surface area contributed by atoms with Gasteiger partial charge in [0.05, 0.1) is 12.0 Å². The number of amides is 1. The highest BCUT2D eigenvalue weighted by atomic mass is 16.6. The van der Waals surface area contributed by atoms with E-state index in [1.54, 1.807) is 43.5 Å². The molecule has 1 amide bonds. The van der Waals surface area contributed by atoms with Crippen LogP contribution < -0.4 is 15.4 Å². The molecule has 0 aliphatic carbocycles. The molecule has 0 aromatic heterocycles. The fourth-order valence-electron chi connectivity index (χ4n) is 2.03. The minimum Gasteiger partial charge on any atom is -0.497 e. The fourth-order valence-corrected chi connectivity index (χ4v) is 2.03. The third-order valence-corrected chi connectivity index (χ3v) is 3.42. The minimum atomic E-state index is -0.554. The van der Waals surface area contributed by atoms with E-state index >= 15 is 0 Å². The Morgan fingerprint density at radius 1 is 1.31 bits per heavy atom. The van der Waals surface area contributed by atoms with Crippen molar-refractivity contribution >= 4 is 17.3 Å². The first-order chi connectivity index (χ1) is 12.5. The molecule has 0 aliphatic heterocycles. The third-order valence-electron chi connectivity index (χ3n) is 3.42. The maximum absolute atomic E-state index is 12.1. The highest BCUT2D eigenvalue weighted by molar-refractivity contribution is 5.97. The zero-order valence-corrected chi connectivity index (χ0v) is 13.9. The Morgan fingerprint density at radius 2 is 2.04 bits per heavy atom. The third kappa shape index (κ3) is 5.07. The molecule has 2 aromatic carbocycles. The Kier molecular flexibility index (Phi) is 6.28. The minimum absolute atomic E-state index is 0.0918. The first-order valence-corrected chi connectivity index (χ1v) is 7.56. The van der Waals surface area contributed by atoms with E-state index in [2.05, 4.69) is 10.6 Å². The van der Waals surface area contributed by atoms with E-state index in [4.69, 9.17) is 10.00 Å². The average Bonchev–Trinajstić information content (AvgIpc) is 2.67. The quantitative estimate of drug-likeness (QED) is 0.342. The van der Waals surface area contributed by atoms with Crippen LogP contribution in [0.15, 0.2) is 60.3 Å². The molecule has 0 aliphatic rings. The van der Waals surface area contributed by atoms with E-state index in [1.165, 1.54) is 24.4 Å². The van der Waals surface area contributed by atoms with Crippen molar-refractivity contribution < 1.29 is 14.5 Å². The number of hydrogen-bond donors (Lipinski definition) is 2. The van der Waals surface area contributed by atoms with Gasteiger partial charge in [0.2, 0.25) is 0 Å². The van der Waals surface area contributed by atoms with Gasteiger partial charge >= 0.3 is 0 Å². The number of nitriles is 1. The smallest absolute Gasteiger partial charge is 0.271 e. The average molecular weight is 352 g/mol. The van der Waals surface area contributed by atoms with E-state index in [-0.39, 0.29) is 17.8 Å². The van der Waals surface area contributed by atoms with E-state index in [9.17, 15) is 14.9 Å².